The van der Waals surface area contributed by atoms with Gasteiger partial charge in [0, 0.05) is 18.2 Å². The van der Waals surface area contributed by atoms with Crippen LogP contribution in [0.1, 0.15) is 29.0 Å². The molecule has 0 amide bonds. The first kappa shape index (κ1) is 13.2. The molecule has 0 aromatic carbocycles. The molecule has 0 saturated carbocycles. The molecule has 0 N–H and O–H groups in total. The molecule has 1 atom stereocenters. The van der Waals surface area contributed by atoms with Gasteiger partial charge in [0.25, 0.3) is 0 Å². The number of hydrogen-bond donors (Lipinski definition) is 0. The molecule has 1 saturated heterocycles. The number of fused-ring (bicyclic) bond motifs is 1. The average Bonchev–Trinajstić information content (AvgIpc) is 2.80. The highest BCUT2D eigenvalue weighted by atomic mass is 32.2. The summed E-state index contributed by atoms with van der Waals surface area (Å²) < 4.78 is 25.1. The lowest BCUT2D eigenvalue weighted by Gasteiger charge is -2.20. The molecule has 1 aliphatic heterocycles. The zero-order valence-electron chi connectivity index (χ0n) is 10.9. The number of carbonyl (C=O) groups excluding carboxylic acids is 1. The van der Waals surface area contributed by atoms with Crippen molar-refractivity contribution in [1.82, 2.24) is 14.6 Å². The van der Waals surface area contributed by atoms with E-state index in [4.69, 9.17) is 0 Å². The Labute approximate surface area is 116 Å². The fraction of sp³-hybridized carbons (Fsp3) is 0.462. The van der Waals surface area contributed by atoms with Crippen LogP contribution in [0.3, 0.4) is 0 Å². The Morgan fingerprint density at radius 3 is 2.95 bits per heavy atom. The van der Waals surface area contributed by atoms with Gasteiger partial charge < -0.3 is 0 Å². The Balaban J connectivity index is 1.89. The molecule has 20 heavy (non-hydrogen) atoms. The first-order valence-corrected chi connectivity index (χ1v) is 8.39. The summed E-state index contributed by atoms with van der Waals surface area (Å²) in [6, 6.07) is 3.42. The van der Waals surface area contributed by atoms with Gasteiger partial charge >= 0.3 is 0 Å². The van der Waals surface area contributed by atoms with Gasteiger partial charge in [-0.05, 0) is 30.9 Å². The van der Waals surface area contributed by atoms with Crippen LogP contribution in [0.5, 0.6) is 0 Å². The lowest BCUT2D eigenvalue weighted by molar-refractivity contribution is 0.112. The Kier molecular flexibility index (Phi) is 3.29. The van der Waals surface area contributed by atoms with Gasteiger partial charge in [-0.25, -0.2) is 8.42 Å². The van der Waals surface area contributed by atoms with Gasteiger partial charge in [-0.15, -0.1) is 10.2 Å². The number of aromatic nitrogens is 3. The van der Waals surface area contributed by atoms with Gasteiger partial charge in [-0.3, -0.25) is 9.20 Å². The number of hydrogen-bond acceptors (Lipinski definition) is 5. The molecule has 0 radical (unpaired) electrons. The third kappa shape index (κ3) is 2.58. The second-order valence-electron chi connectivity index (χ2n) is 5.25. The lowest BCUT2D eigenvalue weighted by Crippen LogP contribution is -2.27. The number of carbonyl (C=O) groups is 1. The van der Waals surface area contributed by atoms with E-state index in [9.17, 15) is 13.2 Å². The van der Waals surface area contributed by atoms with Gasteiger partial charge in [0.15, 0.2) is 21.8 Å². The zero-order valence-corrected chi connectivity index (χ0v) is 11.7. The summed E-state index contributed by atoms with van der Waals surface area (Å²) in [5, 5.41) is 8.16. The molecule has 0 aliphatic carbocycles. The minimum Gasteiger partial charge on any atom is -0.298 e. The zero-order chi connectivity index (χ0) is 14.2. The maximum Gasteiger partial charge on any atom is 0.160 e. The maximum atomic E-state index is 11.7. The van der Waals surface area contributed by atoms with Crippen molar-refractivity contribution in [1.29, 1.82) is 0 Å². The Morgan fingerprint density at radius 2 is 2.20 bits per heavy atom. The van der Waals surface area contributed by atoms with Crippen molar-refractivity contribution in [2.24, 2.45) is 5.92 Å². The smallest absolute Gasteiger partial charge is 0.160 e. The molecule has 3 heterocycles. The summed E-state index contributed by atoms with van der Waals surface area (Å²) in [6.07, 6.45) is 4.64. The number of nitrogens with zero attached hydrogens (tertiary/aromatic N) is 3. The standard InChI is InChI=1S/C13H15N3O3S/c17-8-11-3-4-12-14-15-13(16(12)7-11)6-10-2-1-5-20(18,19)9-10/h3-4,7-8,10H,1-2,5-6,9H2. The van der Waals surface area contributed by atoms with Gasteiger partial charge in [-0.2, -0.15) is 0 Å². The summed E-state index contributed by atoms with van der Waals surface area (Å²) >= 11 is 0. The molecule has 1 fully saturated rings. The van der Waals surface area contributed by atoms with Crippen LogP contribution in [0, 0.1) is 5.92 Å². The summed E-state index contributed by atoms with van der Waals surface area (Å²) in [5.74, 6) is 1.31. The molecule has 0 spiro atoms. The predicted octanol–water partition coefficient (Wildman–Crippen LogP) is 0.909. The van der Waals surface area contributed by atoms with E-state index in [2.05, 4.69) is 10.2 Å². The van der Waals surface area contributed by atoms with Gasteiger partial charge in [0.2, 0.25) is 0 Å². The van der Waals surface area contributed by atoms with Crippen LogP contribution in [0.25, 0.3) is 5.65 Å². The van der Waals surface area contributed by atoms with E-state index in [0.29, 0.717) is 35.6 Å². The van der Waals surface area contributed by atoms with Crippen molar-refractivity contribution in [2.75, 3.05) is 11.5 Å². The SMILES string of the molecule is O=Cc1ccc2nnc(CC3CCCS(=O)(=O)C3)n2c1. The van der Waals surface area contributed by atoms with Gasteiger partial charge in [0.05, 0.1) is 11.5 Å². The van der Waals surface area contributed by atoms with E-state index in [-0.39, 0.29) is 11.7 Å². The van der Waals surface area contributed by atoms with Crippen molar-refractivity contribution < 1.29 is 13.2 Å². The van der Waals surface area contributed by atoms with E-state index >= 15 is 0 Å². The van der Waals surface area contributed by atoms with Gasteiger partial charge in [-0.1, -0.05) is 0 Å². The summed E-state index contributed by atoms with van der Waals surface area (Å²) in [4.78, 5) is 10.8. The van der Waals surface area contributed by atoms with Crippen LogP contribution in [0.15, 0.2) is 18.3 Å². The highest BCUT2D eigenvalue weighted by Gasteiger charge is 2.26. The van der Waals surface area contributed by atoms with Crippen molar-refractivity contribution in [3.63, 3.8) is 0 Å². The second kappa shape index (κ2) is 4.97. The number of pyridine rings is 1. The first-order valence-electron chi connectivity index (χ1n) is 6.57. The van der Waals surface area contributed by atoms with Crippen LogP contribution in [0.4, 0.5) is 0 Å². The van der Waals surface area contributed by atoms with E-state index in [1.165, 1.54) is 0 Å². The van der Waals surface area contributed by atoms with Crippen molar-refractivity contribution in [3.05, 3.63) is 29.7 Å². The molecule has 7 heteroatoms. The molecule has 3 rings (SSSR count). The summed E-state index contributed by atoms with van der Waals surface area (Å²) in [6.45, 7) is 0. The lowest BCUT2D eigenvalue weighted by atomic mass is 10.0. The molecule has 1 unspecified atom stereocenters. The summed E-state index contributed by atoms with van der Waals surface area (Å²) in [5.41, 5.74) is 1.22. The minimum absolute atomic E-state index is 0.0843. The van der Waals surface area contributed by atoms with Crippen LogP contribution in [0.2, 0.25) is 0 Å². The first-order chi connectivity index (χ1) is 9.57. The minimum atomic E-state index is -2.91. The van der Waals surface area contributed by atoms with Crippen LogP contribution < -0.4 is 0 Å². The molecular weight excluding hydrogens is 278 g/mol. The maximum absolute atomic E-state index is 11.7. The van der Waals surface area contributed by atoms with Crippen molar-refractivity contribution >= 4 is 21.8 Å². The fourth-order valence-corrected chi connectivity index (χ4v) is 4.48. The topological polar surface area (TPSA) is 81.4 Å². The average molecular weight is 293 g/mol. The number of sulfone groups is 1. The Morgan fingerprint density at radius 1 is 1.35 bits per heavy atom. The van der Waals surface area contributed by atoms with E-state index in [1.54, 1.807) is 22.7 Å². The molecule has 106 valence electrons. The van der Waals surface area contributed by atoms with E-state index in [0.717, 1.165) is 12.7 Å². The van der Waals surface area contributed by atoms with Crippen molar-refractivity contribution in [2.45, 2.75) is 19.3 Å². The normalized spacial score (nSPS) is 21.9. The van der Waals surface area contributed by atoms with Crippen molar-refractivity contribution in [3.8, 4) is 0 Å². The van der Waals surface area contributed by atoms with Crippen LogP contribution >= 0.6 is 0 Å². The quantitative estimate of drug-likeness (QED) is 0.786. The Bertz CT molecular complexity index is 751. The van der Waals surface area contributed by atoms with Gasteiger partial charge in [0.1, 0.15) is 5.82 Å². The highest BCUT2D eigenvalue weighted by Crippen LogP contribution is 2.22. The van der Waals surface area contributed by atoms with E-state index in [1.807, 2.05) is 0 Å². The molecule has 0 bridgehead atoms. The van der Waals surface area contributed by atoms with E-state index < -0.39 is 9.84 Å². The molecular formula is C13H15N3O3S. The predicted molar refractivity (Wildman–Crippen MR) is 73.5 cm³/mol. The second-order valence-corrected chi connectivity index (χ2v) is 7.48. The molecule has 2 aromatic rings. The molecule has 1 aliphatic rings. The number of aldehydes is 1. The largest absolute Gasteiger partial charge is 0.298 e. The number of rotatable bonds is 3. The third-order valence-electron chi connectivity index (χ3n) is 3.66. The van der Waals surface area contributed by atoms with Crippen LogP contribution in [-0.2, 0) is 16.3 Å². The Hall–Kier alpha value is -1.76. The monoisotopic (exact) mass is 293 g/mol. The summed E-state index contributed by atoms with van der Waals surface area (Å²) in [7, 11) is -2.91. The molecule has 6 nitrogen and oxygen atoms in total. The molecule has 2 aromatic heterocycles. The third-order valence-corrected chi connectivity index (χ3v) is 5.55. The fourth-order valence-electron chi connectivity index (χ4n) is 2.70. The van der Waals surface area contributed by atoms with Crippen LogP contribution in [-0.4, -0.2) is 40.8 Å². The highest BCUT2D eigenvalue weighted by molar-refractivity contribution is 7.91.